The molecule has 0 amide bonds. The number of nitrogens with zero attached hydrogens (tertiary/aromatic N) is 1. The maximum absolute atomic E-state index is 13.1. The fraction of sp³-hybridized carbons (Fsp3) is 0.0625. The molecule has 1 aromatic heterocycles. The van der Waals surface area contributed by atoms with Crippen molar-refractivity contribution in [3.05, 3.63) is 71.9 Å². The zero-order chi connectivity index (χ0) is 13.9. The molecule has 0 aliphatic heterocycles. The summed E-state index contributed by atoms with van der Waals surface area (Å²) in [6.45, 7) is 0. The van der Waals surface area contributed by atoms with Gasteiger partial charge in [-0.05, 0) is 30.3 Å². The summed E-state index contributed by atoms with van der Waals surface area (Å²) in [5, 5.41) is 1.09. The lowest BCUT2D eigenvalue weighted by Crippen LogP contribution is -1.89. The summed E-state index contributed by atoms with van der Waals surface area (Å²) < 4.78 is 25.9. The Morgan fingerprint density at radius 3 is 2.60 bits per heavy atom. The summed E-state index contributed by atoms with van der Waals surface area (Å²) in [5.41, 5.74) is 1.86. The summed E-state index contributed by atoms with van der Waals surface area (Å²) in [7, 11) is 0. The van der Waals surface area contributed by atoms with Crippen LogP contribution in [0.1, 0.15) is 5.69 Å². The van der Waals surface area contributed by atoms with Gasteiger partial charge in [-0.25, -0.2) is 8.78 Å². The third kappa shape index (κ3) is 2.80. The molecule has 3 rings (SSSR count). The van der Waals surface area contributed by atoms with E-state index >= 15 is 0 Å². The standard InChI is InChI=1S/C16H11F2NS/c17-14-8-7-13(9-15(14)18)20-10-12-6-5-11-3-1-2-4-16(11)19-12/h1-9H,10H2. The Bertz CT molecular complexity index is 758. The number of fused-ring (bicyclic) bond motifs is 1. The van der Waals surface area contributed by atoms with Gasteiger partial charge in [-0.15, -0.1) is 11.8 Å². The minimum atomic E-state index is -0.821. The lowest BCUT2D eigenvalue weighted by atomic mass is 10.2. The molecule has 0 unspecified atom stereocenters. The fourth-order valence-corrected chi connectivity index (χ4v) is 2.74. The van der Waals surface area contributed by atoms with Crippen LogP contribution in [0.2, 0.25) is 0 Å². The van der Waals surface area contributed by atoms with Gasteiger partial charge in [-0.1, -0.05) is 24.3 Å². The number of halogens is 2. The topological polar surface area (TPSA) is 12.9 Å². The quantitative estimate of drug-likeness (QED) is 0.641. The van der Waals surface area contributed by atoms with Gasteiger partial charge in [-0.3, -0.25) is 4.98 Å². The van der Waals surface area contributed by atoms with E-state index in [0.717, 1.165) is 22.7 Å². The van der Waals surface area contributed by atoms with Crippen molar-refractivity contribution >= 4 is 22.7 Å². The van der Waals surface area contributed by atoms with Crippen molar-refractivity contribution in [1.82, 2.24) is 4.98 Å². The molecule has 0 atom stereocenters. The number of aromatic nitrogens is 1. The summed E-state index contributed by atoms with van der Waals surface area (Å²) in [6, 6.07) is 15.8. The molecular formula is C16H11F2NS. The van der Waals surface area contributed by atoms with Gasteiger partial charge in [0.25, 0.3) is 0 Å². The molecule has 0 aliphatic carbocycles. The van der Waals surface area contributed by atoms with E-state index in [1.165, 1.54) is 17.8 Å². The minimum absolute atomic E-state index is 0.621. The lowest BCUT2D eigenvalue weighted by molar-refractivity contribution is 0.506. The number of thioether (sulfide) groups is 1. The van der Waals surface area contributed by atoms with E-state index in [0.29, 0.717) is 10.6 Å². The first-order valence-corrected chi connectivity index (χ1v) is 7.13. The van der Waals surface area contributed by atoms with E-state index in [4.69, 9.17) is 0 Å². The van der Waals surface area contributed by atoms with Gasteiger partial charge >= 0.3 is 0 Å². The molecule has 3 aromatic rings. The van der Waals surface area contributed by atoms with E-state index in [-0.39, 0.29) is 0 Å². The van der Waals surface area contributed by atoms with E-state index < -0.39 is 11.6 Å². The summed E-state index contributed by atoms with van der Waals surface area (Å²) in [5.74, 6) is -1.02. The van der Waals surface area contributed by atoms with Crippen molar-refractivity contribution in [2.75, 3.05) is 0 Å². The molecule has 0 saturated heterocycles. The summed E-state index contributed by atoms with van der Waals surface area (Å²) in [6.07, 6.45) is 0. The third-order valence-corrected chi connectivity index (χ3v) is 3.96. The molecule has 0 N–H and O–H groups in total. The molecular weight excluding hydrogens is 276 g/mol. The smallest absolute Gasteiger partial charge is 0.159 e. The van der Waals surface area contributed by atoms with Gasteiger partial charge in [0.05, 0.1) is 11.2 Å². The van der Waals surface area contributed by atoms with Crippen molar-refractivity contribution in [3.63, 3.8) is 0 Å². The number of hydrogen-bond acceptors (Lipinski definition) is 2. The highest BCUT2D eigenvalue weighted by Gasteiger charge is 2.04. The van der Waals surface area contributed by atoms with Gasteiger partial charge in [-0.2, -0.15) is 0 Å². The van der Waals surface area contributed by atoms with E-state index in [1.807, 2.05) is 36.4 Å². The average molecular weight is 287 g/mol. The number of hydrogen-bond donors (Lipinski definition) is 0. The van der Waals surface area contributed by atoms with Gasteiger partial charge in [0, 0.05) is 16.0 Å². The number of para-hydroxylation sites is 1. The molecule has 1 heterocycles. The Kier molecular flexibility index (Phi) is 3.65. The van der Waals surface area contributed by atoms with Gasteiger partial charge in [0.2, 0.25) is 0 Å². The first-order valence-electron chi connectivity index (χ1n) is 6.15. The fourth-order valence-electron chi connectivity index (χ4n) is 1.91. The summed E-state index contributed by atoms with van der Waals surface area (Å²) in [4.78, 5) is 5.23. The van der Waals surface area contributed by atoms with Crippen molar-refractivity contribution in [2.45, 2.75) is 10.6 Å². The van der Waals surface area contributed by atoms with Crippen molar-refractivity contribution in [1.29, 1.82) is 0 Å². The van der Waals surface area contributed by atoms with Crippen molar-refractivity contribution in [3.8, 4) is 0 Å². The van der Waals surface area contributed by atoms with Crippen LogP contribution in [-0.4, -0.2) is 4.98 Å². The van der Waals surface area contributed by atoms with Crippen molar-refractivity contribution < 1.29 is 8.78 Å². The highest BCUT2D eigenvalue weighted by molar-refractivity contribution is 7.98. The van der Waals surface area contributed by atoms with E-state index in [2.05, 4.69) is 4.98 Å². The van der Waals surface area contributed by atoms with Gasteiger partial charge in [0.1, 0.15) is 0 Å². The first kappa shape index (κ1) is 13.1. The maximum Gasteiger partial charge on any atom is 0.159 e. The van der Waals surface area contributed by atoms with Crippen LogP contribution in [0.25, 0.3) is 10.9 Å². The molecule has 100 valence electrons. The second-order valence-corrected chi connectivity index (χ2v) is 5.41. The van der Waals surface area contributed by atoms with Crippen LogP contribution in [0, 0.1) is 11.6 Å². The van der Waals surface area contributed by atoms with Crippen LogP contribution in [-0.2, 0) is 5.75 Å². The lowest BCUT2D eigenvalue weighted by Gasteiger charge is -2.04. The van der Waals surface area contributed by atoms with Crippen molar-refractivity contribution in [2.24, 2.45) is 0 Å². The zero-order valence-electron chi connectivity index (χ0n) is 10.5. The maximum atomic E-state index is 13.1. The monoisotopic (exact) mass is 287 g/mol. The van der Waals surface area contributed by atoms with Crippen LogP contribution in [0.15, 0.2) is 59.5 Å². The van der Waals surface area contributed by atoms with Gasteiger partial charge < -0.3 is 0 Å². The highest BCUT2D eigenvalue weighted by atomic mass is 32.2. The molecule has 4 heteroatoms. The molecule has 1 nitrogen and oxygen atoms in total. The Morgan fingerprint density at radius 2 is 1.75 bits per heavy atom. The highest BCUT2D eigenvalue weighted by Crippen LogP contribution is 2.24. The van der Waals surface area contributed by atoms with E-state index in [1.54, 1.807) is 6.07 Å². The predicted molar refractivity (Wildman–Crippen MR) is 77.7 cm³/mol. The predicted octanol–water partition coefficient (Wildman–Crippen LogP) is 4.81. The van der Waals surface area contributed by atoms with Crippen LogP contribution < -0.4 is 0 Å². The normalized spacial score (nSPS) is 10.9. The number of benzene rings is 2. The van der Waals surface area contributed by atoms with Crippen LogP contribution in [0.3, 0.4) is 0 Å². The van der Waals surface area contributed by atoms with Gasteiger partial charge in [0.15, 0.2) is 11.6 Å². The minimum Gasteiger partial charge on any atom is -0.252 e. The molecule has 0 fully saturated rings. The van der Waals surface area contributed by atoms with Crippen LogP contribution in [0.4, 0.5) is 8.78 Å². The Labute approximate surface area is 119 Å². The van der Waals surface area contributed by atoms with Crippen LogP contribution in [0.5, 0.6) is 0 Å². The number of rotatable bonds is 3. The molecule has 0 aliphatic rings. The summed E-state index contributed by atoms with van der Waals surface area (Å²) >= 11 is 1.44. The molecule has 0 saturated carbocycles. The number of pyridine rings is 1. The second kappa shape index (κ2) is 5.59. The van der Waals surface area contributed by atoms with Crippen LogP contribution >= 0.6 is 11.8 Å². The Hall–Kier alpha value is -1.94. The SMILES string of the molecule is Fc1ccc(SCc2ccc3ccccc3n2)cc1F. The molecule has 2 aromatic carbocycles. The third-order valence-electron chi connectivity index (χ3n) is 2.93. The largest absolute Gasteiger partial charge is 0.252 e. The average Bonchev–Trinajstić information content (AvgIpc) is 2.48. The molecule has 0 radical (unpaired) electrons. The second-order valence-electron chi connectivity index (χ2n) is 4.36. The first-order chi connectivity index (χ1) is 9.72. The molecule has 0 bridgehead atoms. The Balaban J connectivity index is 1.77. The van der Waals surface area contributed by atoms with E-state index in [9.17, 15) is 8.78 Å². The molecule has 20 heavy (non-hydrogen) atoms. The molecule has 0 spiro atoms. The zero-order valence-corrected chi connectivity index (χ0v) is 11.3. The Morgan fingerprint density at radius 1 is 0.900 bits per heavy atom.